The number of hydrogen-bond donors (Lipinski definition) is 1. The summed E-state index contributed by atoms with van der Waals surface area (Å²) in [5.41, 5.74) is 3.20. The first-order valence-corrected chi connectivity index (χ1v) is 3.78. The standard InChI is InChI=1S/C9H10NO.Rh/c1-6-4-7-2-3-9(11)8(7)5-10-6;/h4-5,11H,2-3H2,1H3;/q-1;. The third-order valence-corrected chi connectivity index (χ3v) is 2.07. The van der Waals surface area contributed by atoms with Crippen LogP contribution in [0.3, 0.4) is 0 Å². The number of fused-ring (bicyclic) bond motifs is 1. The molecule has 1 aromatic heterocycles. The molecule has 1 N–H and O–H groups in total. The summed E-state index contributed by atoms with van der Waals surface area (Å²) in [4.78, 5) is 4.12. The second kappa shape index (κ2) is 3.55. The monoisotopic (exact) mass is 251 g/mol. The summed E-state index contributed by atoms with van der Waals surface area (Å²) >= 11 is 0. The van der Waals surface area contributed by atoms with Crippen LogP contribution in [-0.4, -0.2) is 10.1 Å². The van der Waals surface area contributed by atoms with Crippen LogP contribution in [0.2, 0.25) is 0 Å². The molecule has 1 aliphatic rings. The Kier molecular flexibility index (Phi) is 2.86. The molecule has 0 aliphatic heterocycles. The van der Waals surface area contributed by atoms with Crippen molar-refractivity contribution in [1.29, 1.82) is 0 Å². The molecule has 1 radical (unpaired) electrons. The molecular weight excluding hydrogens is 241 g/mol. The predicted octanol–water partition coefficient (Wildman–Crippen LogP) is 1.59. The van der Waals surface area contributed by atoms with Crippen molar-refractivity contribution >= 4 is 0 Å². The number of aryl methyl sites for hydroxylation is 2. The van der Waals surface area contributed by atoms with Gasteiger partial charge in [0.15, 0.2) is 0 Å². The number of rotatable bonds is 0. The van der Waals surface area contributed by atoms with Gasteiger partial charge in [-0.2, -0.15) is 0 Å². The second-order valence-electron chi connectivity index (χ2n) is 2.93. The van der Waals surface area contributed by atoms with Gasteiger partial charge in [-0.05, 0) is 6.92 Å². The van der Waals surface area contributed by atoms with Gasteiger partial charge in [0.2, 0.25) is 0 Å². The van der Waals surface area contributed by atoms with Gasteiger partial charge in [0.1, 0.15) is 0 Å². The van der Waals surface area contributed by atoms with Crippen molar-refractivity contribution < 1.29 is 24.6 Å². The fraction of sp³-hybridized carbons (Fsp3) is 0.333. The first-order valence-electron chi connectivity index (χ1n) is 3.78. The van der Waals surface area contributed by atoms with Gasteiger partial charge >= 0.3 is 0 Å². The summed E-state index contributed by atoms with van der Waals surface area (Å²) in [6, 6.07) is 2.04. The first-order chi connectivity index (χ1) is 5.27. The topological polar surface area (TPSA) is 33.1 Å². The van der Waals surface area contributed by atoms with Crippen molar-refractivity contribution in [1.82, 2.24) is 4.98 Å². The molecule has 0 saturated carbocycles. The molecule has 12 heavy (non-hydrogen) atoms. The van der Waals surface area contributed by atoms with E-state index in [0.717, 1.165) is 24.1 Å². The van der Waals surface area contributed by atoms with Crippen LogP contribution in [-0.2, 0) is 25.9 Å². The Morgan fingerprint density at radius 3 is 3.08 bits per heavy atom. The number of hydrogen-bond acceptors (Lipinski definition) is 2. The third kappa shape index (κ3) is 1.52. The number of aliphatic hydroxyl groups is 1. The Balaban J connectivity index is 0.000000720. The minimum atomic E-state index is 0. The first kappa shape index (κ1) is 9.69. The molecule has 3 heteroatoms. The van der Waals surface area contributed by atoms with Gasteiger partial charge in [-0.3, -0.25) is 0 Å². The van der Waals surface area contributed by atoms with Crippen LogP contribution in [0.15, 0.2) is 12.3 Å². The maximum absolute atomic E-state index is 9.35. The summed E-state index contributed by atoms with van der Waals surface area (Å²) in [5.74, 6) is 0. The molecule has 0 unspecified atom stereocenters. The Morgan fingerprint density at radius 1 is 1.58 bits per heavy atom. The van der Waals surface area contributed by atoms with Gasteiger partial charge in [-0.25, -0.2) is 0 Å². The quantitative estimate of drug-likeness (QED) is 0.561. The molecule has 0 amide bonds. The predicted molar refractivity (Wildman–Crippen MR) is 41.6 cm³/mol. The van der Waals surface area contributed by atoms with Crippen molar-refractivity contribution in [2.45, 2.75) is 19.8 Å². The van der Waals surface area contributed by atoms with Crippen LogP contribution < -0.4 is 0 Å². The molecule has 0 saturated heterocycles. The van der Waals surface area contributed by atoms with E-state index in [0.29, 0.717) is 6.10 Å². The van der Waals surface area contributed by atoms with E-state index in [4.69, 9.17) is 0 Å². The fourth-order valence-corrected chi connectivity index (χ4v) is 1.47. The molecule has 1 aliphatic carbocycles. The van der Waals surface area contributed by atoms with Crippen LogP contribution in [0.4, 0.5) is 0 Å². The van der Waals surface area contributed by atoms with Crippen LogP contribution in [0, 0.1) is 13.0 Å². The van der Waals surface area contributed by atoms with Gasteiger partial charge in [0, 0.05) is 25.2 Å². The molecule has 0 spiro atoms. The van der Waals surface area contributed by atoms with E-state index in [-0.39, 0.29) is 19.5 Å². The second-order valence-corrected chi connectivity index (χ2v) is 2.93. The van der Waals surface area contributed by atoms with Gasteiger partial charge in [-0.1, -0.05) is 31.2 Å². The van der Waals surface area contributed by atoms with E-state index in [1.165, 1.54) is 5.56 Å². The van der Waals surface area contributed by atoms with Gasteiger partial charge in [0.05, 0.1) is 0 Å². The van der Waals surface area contributed by atoms with Crippen molar-refractivity contribution in [2.75, 3.05) is 0 Å². The molecule has 67 valence electrons. The molecule has 0 bridgehead atoms. The van der Waals surface area contributed by atoms with Gasteiger partial charge in [0.25, 0.3) is 0 Å². The van der Waals surface area contributed by atoms with Crippen LogP contribution in [0.5, 0.6) is 0 Å². The zero-order valence-electron chi connectivity index (χ0n) is 6.80. The largest absolute Gasteiger partial charge is 0.426 e. The number of aliphatic hydroxyl groups excluding tert-OH is 1. The SMILES string of the molecule is Cc1cc2c(cn1)[C-](O)CC2.[Rh]. The average molecular weight is 251 g/mol. The number of aromatic nitrogens is 1. The average Bonchev–Trinajstić information content (AvgIpc) is 2.32. The molecule has 1 aromatic rings. The summed E-state index contributed by atoms with van der Waals surface area (Å²) in [5, 5.41) is 9.35. The van der Waals surface area contributed by atoms with Crippen LogP contribution >= 0.6 is 0 Å². The zero-order valence-corrected chi connectivity index (χ0v) is 8.44. The summed E-state index contributed by atoms with van der Waals surface area (Å²) in [6.07, 6.45) is 3.99. The Labute approximate surface area is 84.8 Å². The summed E-state index contributed by atoms with van der Waals surface area (Å²) < 4.78 is 0. The molecular formula is C9H10NORh-. The molecule has 0 atom stereocenters. The van der Waals surface area contributed by atoms with E-state index < -0.39 is 0 Å². The zero-order chi connectivity index (χ0) is 7.84. The minimum absolute atomic E-state index is 0. The van der Waals surface area contributed by atoms with E-state index in [1.807, 2.05) is 13.0 Å². The maximum Gasteiger partial charge on any atom is 0.0105 e. The molecule has 0 fully saturated rings. The van der Waals surface area contributed by atoms with Gasteiger partial charge < -0.3 is 10.1 Å². The molecule has 2 nitrogen and oxygen atoms in total. The minimum Gasteiger partial charge on any atom is -0.426 e. The van der Waals surface area contributed by atoms with E-state index in [9.17, 15) is 5.11 Å². The summed E-state index contributed by atoms with van der Waals surface area (Å²) in [6.45, 7) is 1.97. The smallest absolute Gasteiger partial charge is 0.0105 e. The molecule has 0 aromatic carbocycles. The van der Waals surface area contributed by atoms with E-state index in [1.54, 1.807) is 6.20 Å². The molecule has 2 rings (SSSR count). The van der Waals surface area contributed by atoms with Crippen molar-refractivity contribution in [2.24, 2.45) is 0 Å². The Morgan fingerprint density at radius 2 is 2.33 bits per heavy atom. The third-order valence-electron chi connectivity index (χ3n) is 2.07. The van der Waals surface area contributed by atoms with E-state index in [2.05, 4.69) is 4.98 Å². The number of pyridine rings is 1. The van der Waals surface area contributed by atoms with Crippen LogP contribution in [0.25, 0.3) is 0 Å². The normalized spacial score (nSPS) is 14.0. The molecule has 1 heterocycles. The number of nitrogens with zero attached hydrogens (tertiary/aromatic N) is 1. The Bertz CT molecular complexity index is 288. The maximum atomic E-state index is 9.35. The fourth-order valence-electron chi connectivity index (χ4n) is 1.47. The van der Waals surface area contributed by atoms with Crippen molar-refractivity contribution in [3.63, 3.8) is 0 Å². The van der Waals surface area contributed by atoms with E-state index >= 15 is 0 Å². The Hall–Kier alpha value is -0.397. The van der Waals surface area contributed by atoms with Crippen molar-refractivity contribution in [3.8, 4) is 0 Å². The summed E-state index contributed by atoms with van der Waals surface area (Å²) in [7, 11) is 0. The van der Waals surface area contributed by atoms with Crippen molar-refractivity contribution in [3.05, 3.63) is 35.2 Å². The van der Waals surface area contributed by atoms with Crippen LogP contribution in [0.1, 0.15) is 23.2 Å². The van der Waals surface area contributed by atoms with Gasteiger partial charge in [-0.15, -0.1) is 11.1 Å².